The van der Waals surface area contributed by atoms with Crippen LogP contribution in [0.15, 0.2) is 30.3 Å². The highest BCUT2D eigenvalue weighted by atomic mass is 35.5. The molecule has 3 rings (SSSR count). The van der Waals surface area contributed by atoms with E-state index in [1.54, 1.807) is 25.2 Å². The van der Waals surface area contributed by atoms with Gasteiger partial charge in [-0.2, -0.15) is 0 Å². The van der Waals surface area contributed by atoms with Crippen LogP contribution in [0, 0.1) is 19.7 Å². The highest BCUT2D eigenvalue weighted by molar-refractivity contribution is 7.22. The van der Waals surface area contributed by atoms with Gasteiger partial charge in [0.2, 0.25) is 0 Å². The maximum Gasteiger partial charge on any atom is 0.184 e. The number of nitrogens with one attached hydrogen (secondary N) is 1. The molecular weight excluding hydrogens is 307 g/mol. The smallest absolute Gasteiger partial charge is 0.184 e. The van der Waals surface area contributed by atoms with Gasteiger partial charge in [-0.15, -0.1) is 0 Å². The molecule has 0 amide bonds. The summed E-state index contributed by atoms with van der Waals surface area (Å²) < 4.78 is 14.7. The largest absolute Gasteiger partial charge is 0.357 e. The predicted octanol–water partition coefficient (Wildman–Crippen LogP) is 5.32. The second kappa shape index (κ2) is 5.62. The molecule has 0 aliphatic rings. The van der Waals surface area contributed by atoms with Crippen molar-refractivity contribution in [2.24, 2.45) is 0 Å². The van der Waals surface area contributed by atoms with E-state index >= 15 is 0 Å². The molecule has 1 aromatic heterocycles. The molecule has 2 aromatic carbocycles. The lowest BCUT2D eigenvalue weighted by Crippen LogP contribution is -2.01. The van der Waals surface area contributed by atoms with Crippen molar-refractivity contribution in [3.05, 3.63) is 57.9 Å². The molecular formula is C16H14ClFN2S. The van der Waals surface area contributed by atoms with Crippen LogP contribution in [-0.4, -0.2) is 4.98 Å². The maximum atomic E-state index is 13.6. The van der Waals surface area contributed by atoms with Crippen LogP contribution in [0.5, 0.6) is 0 Å². The molecule has 0 aliphatic heterocycles. The average Bonchev–Trinajstić information content (AvgIpc) is 2.84. The summed E-state index contributed by atoms with van der Waals surface area (Å²) in [4.78, 5) is 4.51. The van der Waals surface area contributed by atoms with Crippen LogP contribution in [0.25, 0.3) is 10.2 Å². The van der Waals surface area contributed by atoms with Crippen LogP contribution in [0.1, 0.15) is 16.7 Å². The molecule has 1 heterocycles. The third-order valence-electron chi connectivity index (χ3n) is 3.29. The summed E-state index contributed by atoms with van der Waals surface area (Å²) in [6.07, 6.45) is 0. The van der Waals surface area contributed by atoms with Crippen molar-refractivity contribution in [3.8, 4) is 0 Å². The van der Waals surface area contributed by atoms with E-state index in [2.05, 4.69) is 10.3 Å². The number of hydrogen-bond donors (Lipinski definition) is 1. The Balaban J connectivity index is 1.80. The van der Waals surface area contributed by atoms with Gasteiger partial charge in [-0.25, -0.2) is 9.37 Å². The van der Waals surface area contributed by atoms with Crippen molar-refractivity contribution in [1.29, 1.82) is 0 Å². The maximum absolute atomic E-state index is 13.6. The minimum atomic E-state index is -0.131. The highest BCUT2D eigenvalue weighted by Gasteiger charge is 2.07. The molecule has 2 nitrogen and oxygen atoms in total. The highest BCUT2D eigenvalue weighted by Crippen LogP contribution is 2.28. The van der Waals surface area contributed by atoms with Gasteiger partial charge < -0.3 is 5.32 Å². The Bertz CT molecular complexity index is 790. The molecule has 0 atom stereocenters. The topological polar surface area (TPSA) is 24.9 Å². The zero-order valence-corrected chi connectivity index (χ0v) is 13.3. The molecule has 3 aromatic rings. The Kier molecular flexibility index (Phi) is 3.83. The summed E-state index contributed by atoms with van der Waals surface area (Å²) in [6.45, 7) is 4.19. The lowest BCUT2D eigenvalue weighted by atomic mass is 10.1. The number of anilines is 1. The van der Waals surface area contributed by atoms with Crippen LogP contribution < -0.4 is 5.32 Å². The number of aromatic nitrogens is 1. The van der Waals surface area contributed by atoms with E-state index < -0.39 is 0 Å². The van der Waals surface area contributed by atoms with Crippen LogP contribution in [-0.2, 0) is 6.54 Å². The summed E-state index contributed by atoms with van der Waals surface area (Å²) >= 11 is 7.53. The molecule has 0 saturated heterocycles. The first-order valence-electron chi connectivity index (χ1n) is 6.58. The molecule has 1 N–H and O–H groups in total. The third-order valence-corrected chi connectivity index (χ3v) is 4.50. The zero-order chi connectivity index (χ0) is 15.0. The van der Waals surface area contributed by atoms with Gasteiger partial charge in [0.1, 0.15) is 5.82 Å². The summed E-state index contributed by atoms with van der Waals surface area (Å²) in [7, 11) is 0. The minimum Gasteiger partial charge on any atom is -0.357 e. The van der Waals surface area contributed by atoms with E-state index in [1.165, 1.54) is 0 Å². The van der Waals surface area contributed by atoms with Gasteiger partial charge >= 0.3 is 0 Å². The fourth-order valence-corrected chi connectivity index (χ4v) is 3.43. The molecule has 0 radical (unpaired) electrons. The second-order valence-electron chi connectivity index (χ2n) is 5.03. The number of hydrogen-bond acceptors (Lipinski definition) is 3. The molecule has 21 heavy (non-hydrogen) atoms. The Morgan fingerprint density at radius 2 is 1.90 bits per heavy atom. The van der Waals surface area contributed by atoms with Crippen LogP contribution >= 0.6 is 22.9 Å². The lowest BCUT2D eigenvalue weighted by molar-refractivity contribution is 0.608. The quantitative estimate of drug-likeness (QED) is 0.706. The first-order chi connectivity index (χ1) is 10.0. The standard InChI is InChI=1S/C16H14ClFN2S/c1-9-5-11(6-10(2)15(9)18)8-19-16-20-13-4-3-12(17)7-14(13)21-16/h3-7H,8H2,1-2H3,(H,19,20). The van der Waals surface area contributed by atoms with Gasteiger partial charge in [-0.1, -0.05) is 35.1 Å². The molecule has 0 saturated carbocycles. The fraction of sp³-hybridized carbons (Fsp3) is 0.188. The molecule has 0 aliphatic carbocycles. The van der Waals surface area contributed by atoms with Gasteiger partial charge in [-0.05, 0) is 48.7 Å². The molecule has 0 fully saturated rings. The van der Waals surface area contributed by atoms with Gasteiger partial charge in [-0.3, -0.25) is 0 Å². The number of halogens is 2. The number of fused-ring (bicyclic) bond motifs is 1. The summed E-state index contributed by atoms with van der Waals surface area (Å²) in [6, 6.07) is 9.37. The lowest BCUT2D eigenvalue weighted by Gasteiger charge is -2.07. The number of nitrogens with zero attached hydrogens (tertiary/aromatic N) is 1. The second-order valence-corrected chi connectivity index (χ2v) is 6.50. The van der Waals surface area contributed by atoms with Crippen molar-refractivity contribution in [3.63, 3.8) is 0 Å². The van der Waals surface area contributed by atoms with E-state index in [9.17, 15) is 4.39 Å². The van der Waals surface area contributed by atoms with Gasteiger partial charge in [0.25, 0.3) is 0 Å². The number of aryl methyl sites for hydroxylation is 2. The number of rotatable bonds is 3. The van der Waals surface area contributed by atoms with Crippen molar-refractivity contribution < 1.29 is 4.39 Å². The predicted molar refractivity (Wildman–Crippen MR) is 87.8 cm³/mol. The Morgan fingerprint density at radius 3 is 2.62 bits per heavy atom. The Hall–Kier alpha value is -1.65. The zero-order valence-electron chi connectivity index (χ0n) is 11.7. The van der Waals surface area contributed by atoms with Crippen LogP contribution in [0.3, 0.4) is 0 Å². The van der Waals surface area contributed by atoms with E-state index in [-0.39, 0.29) is 5.82 Å². The molecule has 0 spiro atoms. The first-order valence-corrected chi connectivity index (χ1v) is 7.78. The number of thiazole rings is 1. The van der Waals surface area contributed by atoms with Gasteiger partial charge in [0.15, 0.2) is 5.13 Å². The van der Waals surface area contributed by atoms with E-state index in [0.29, 0.717) is 22.7 Å². The normalized spacial score (nSPS) is 11.0. The van der Waals surface area contributed by atoms with Crippen molar-refractivity contribution in [2.45, 2.75) is 20.4 Å². The SMILES string of the molecule is Cc1cc(CNc2nc3ccc(Cl)cc3s2)cc(C)c1F. The van der Waals surface area contributed by atoms with Crippen LogP contribution in [0.2, 0.25) is 5.02 Å². The molecule has 5 heteroatoms. The van der Waals surface area contributed by atoms with Gasteiger partial charge in [0, 0.05) is 11.6 Å². The fourth-order valence-electron chi connectivity index (χ4n) is 2.29. The minimum absolute atomic E-state index is 0.131. The average molecular weight is 321 g/mol. The van der Waals surface area contributed by atoms with E-state index in [4.69, 9.17) is 11.6 Å². The van der Waals surface area contributed by atoms with E-state index in [0.717, 1.165) is 20.9 Å². The van der Waals surface area contributed by atoms with Gasteiger partial charge in [0.05, 0.1) is 10.2 Å². The van der Waals surface area contributed by atoms with Crippen molar-refractivity contribution in [1.82, 2.24) is 4.98 Å². The van der Waals surface area contributed by atoms with Crippen molar-refractivity contribution in [2.75, 3.05) is 5.32 Å². The molecule has 0 bridgehead atoms. The molecule has 108 valence electrons. The third kappa shape index (κ3) is 3.01. The first kappa shape index (κ1) is 14.3. The van der Waals surface area contributed by atoms with Crippen LogP contribution in [0.4, 0.5) is 9.52 Å². The molecule has 0 unspecified atom stereocenters. The number of benzene rings is 2. The Labute approximate surface area is 131 Å². The summed E-state index contributed by atoms with van der Waals surface area (Å²) in [5.41, 5.74) is 3.31. The van der Waals surface area contributed by atoms with E-state index in [1.807, 2.05) is 30.3 Å². The Morgan fingerprint density at radius 1 is 1.19 bits per heavy atom. The van der Waals surface area contributed by atoms with Crippen molar-refractivity contribution >= 4 is 38.3 Å². The monoisotopic (exact) mass is 320 g/mol. The summed E-state index contributed by atoms with van der Waals surface area (Å²) in [5, 5.41) is 4.84. The summed E-state index contributed by atoms with van der Waals surface area (Å²) in [5.74, 6) is -0.131.